The van der Waals surface area contributed by atoms with Crippen LogP contribution in [0.3, 0.4) is 0 Å². The molecule has 1 N–H and O–H groups in total. The van der Waals surface area contributed by atoms with Gasteiger partial charge in [-0.2, -0.15) is 0 Å². The number of aromatic nitrogens is 1. The third kappa shape index (κ3) is 3.10. The van der Waals surface area contributed by atoms with E-state index in [1.807, 2.05) is 13.1 Å². The predicted molar refractivity (Wildman–Crippen MR) is 79.9 cm³/mol. The minimum Gasteiger partial charge on any atom is -0.377 e. The molecule has 1 aromatic carbocycles. The number of benzene rings is 1. The van der Waals surface area contributed by atoms with E-state index in [1.54, 1.807) is 0 Å². The average Bonchev–Trinajstić information content (AvgIpc) is 2.34. The van der Waals surface area contributed by atoms with Crippen LogP contribution in [0.4, 0.5) is 5.69 Å². The zero-order valence-corrected chi connectivity index (χ0v) is 12.5. The Bertz CT molecular complexity index is 552. The Morgan fingerprint density at radius 3 is 2.67 bits per heavy atom. The van der Waals surface area contributed by atoms with Crippen molar-refractivity contribution >= 4 is 21.6 Å². The van der Waals surface area contributed by atoms with E-state index < -0.39 is 0 Å². The second-order valence-corrected chi connectivity index (χ2v) is 5.36. The average molecular weight is 305 g/mol. The van der Waals surface area contributed by atoms with Crippen molar-refractivity contribution < 1.29 is 0 Å². The van der Waals surface area contributed by atoms with Gasteiger partial charge in [0.15, 0.2) is 0 Å². The molecule has 0 fully saturated rings. The van der Waals surface area contributed by atoms with E-state index in [0.717, 1.165) is 15.9 Å². The van der Waals surface area contributed by atoms with Crippen molar-refractivity contribution in [3.63, 3.8) is 0 Å². The summed E-state index contributed by atoms with van der Waals surface area (Å²) in [4.78, 5) is 4.30. The van der Waals surface area contributed by atoms with Gasteiger partial charge in [-0.1, -0.05) is 29.8 Å². The highest BCUT2D eigenvalue weighted by Crippen LogP contribution is 2.22. The normalized spacial score (nSPS) is 12.2. The minimum absolute atomic E-state index is 0.271. The summed E-state index contributed by atoms with van der Waals surface area (Å²) in [6, 6.07) is 10.9. The van der Waals surface area contributed by atoms with Crippen LogP contribution in [0.1, 0.15) is 29.7 Å². The highest BCUT2D eigenvalue weighted by Gasteiger charge is 2.06. The molecule has 0 aliphatic rings. The van der Waals surface area contributed by atoms with Gasteiger partial charge in [0.2, 0.25) is 0 Å². The van der Waals surface area contributed by atoms with E-state index in [9.17, 15) is 0 Å². The van der Waals surface area contributed by atoms with Crippen LogP contribution in [0.2, 0.25) is 0 Å². The van der Waals surface area contributed by atoms with Crippen molar-refractivity contribution in [2.24, 2.45) is 0 Å². The molecule has 0 spiro atoms. The third-order valence-electron chi connectivity index (χ3n) is 2.94. The highest BCUT2D eigenvalue weighted by molar-refractivity contribution is 9.10. The Morgan fingerprint density at radius 1 is 1.22 bits per heavy atom. The van der Waals surface area contributed by atoms with Gasteiger partial charge in [0.25, 0.3) is 0 Å². The number of nitrogens with one attached hydrogen (secondary N) is 1. The predicted octanol–water partition coefficient (Wildman–Crippen LogP) is 4.63. The number of hydrogen-bond acceptors (Lipinski definition) is 2. The molecular weight excluding hydrogens is 288 g/mol. The lowest BCUT2D eigenvalue weighted by atomic mass is 10.1. The van der Waals surface area contributed by atoms with Crippen molar-refractivity contribution in [3.8, 4) is 0 Å². The standard InChI is InChI=1S/C15H17BrN2/c1-10-5-4-6-13(7-10)12(3)18-14-8-11(2)15(16)17-9-14/h4-9,12,18H,1-3H3. The van der Waals surface area contributed by atoms with Gasteiger partial charge in [0, 0.05) is 6.04 Å². The first kappa shape index (κ1) is 13.1. The van der Waals surface area contributed by atoms with E-state index in [4.69, 9.17) is 0 Å². The molecule has 18 heavy (non-hydrogen) atoms. The summed E-state index contributed by atoms with van der Waals surface area (Å²) in [7, 11) is 0. The van der Waals surface area contributed by atoms with Crippen LogP contribution in [0.5, 0.6) is 0 Å². The number of hydrogen-bond donors (Lipinski definition) is 1. The van der Waals surface area contributed by atoms with Crippen molar-refractivity contribution in [2.75, 3.05) is 5.32 Å². The van der Waals surface area contributed by atoms with Gasteiger partial charge in [-0.05, 0) is 53.9 Å². The Labute approximate surface area is 117 Å². The largest absolute Gasteiger partial charge is 0.377 e. The zero-order chi connectivity index (χ0) is 13.1. The highest BCUT2D eigenvalue weighted by atomic mass is 79.9. The molecule has 0 aliphatic heterocycles. The van der Waals surface area contributed by atoms with Gasteiger partial charge in [-0.3, -0.25) is 0 Å². The number of aryl methyl sites for hydroxylation is 2. The lowest BCUT2D eigenvalue weighted by Gasteiger charge is -2.16. The van der Waals surface area contributed by atoms with Crippen molar-refractivity contribution in [2.45, 2.75) is 26.8 Å². The SMILES string of the molecule is Cc1cccc(C(C)Nc2cnc(Br)c(C)c2)c1. The molecule has 3 heteroatoms. The van der Waals surface area contributed by atoms with Crippen molar-refractivity contribution in [3.05, 3.63) is 57.8 Å². The summed E-state index contributed by atoms with van der Waals surface area (Å²) >= 11 is 3.41. The van der Waals surface area contributed by atoms with E-state index in [1.165, 1.54) is 11.1 Å². The first-order valence-electron chi connectivity index (χ1n) is 6.01. The molecule has 0 saturated heterocycles. The molecule has 1 unspecified atom stereocenters. The second kappa shape index (κ2) is 5.53. The molecule has 2 rings (SSSR count). The summed E-state index contributed by atoms with van der Waals surface area (Å²) < 4.78 is 0.899. The van der Waals surface area contributed by atoms with Gasteiger partial charge in [-0.15, -0.1) is 0 Å². The van der Waals surface area contributed by atoms with Crippen LogP contribution in [-0.2, 0) is 0 Å². The van der Waals surface area contributed by atoms with E-state index in [-0.39, 0.29) is 6.04 Å². The molecule has 0 aliphatic carbocycles. The van der Waals surface area contributed by atoms with E-state index >= 15 is 0 Å². The number of rotatable bonds is 3. The Hall–Kier alpha value is -1.35. The Morgan fingerprint density at radius 2 is 2.00 bits per heavy atom. The molecule has 0 amide bonds. The maximum Gasteiger partial charge on any atom is 0.109 e. The van der Waals surface area contributed by atoms with Crippen LogP contribution >= 0.6 is 15.9 Å². The molecule has 1 heterocycles. The van der Waals surface area contributed by atoms with Crippen LogP contribution in [0.25, 0.3) is 0 Å². The minimum atomic E-state index is 0.271. The fourth-order valence-electron chi connectivity index (χ4n) is 1.91. The van der Waals surface area contributed by atoms with E-state index in [0.29, 0.717) is 0 Å². The molecule has 1 atom stereocenters. The van der Waals surface area contributed by atoms with Gasteiger partial charge in [-0.25, -0.2) is 4.98 Å². The zero-order valence-electron chi connectivity index (χ0n) is 10.9. The molecule has 0 saturated carbocycles. The molecule has 1 aromatic heterocycles. The summed E-state index contributed by atoms with van der Waals surface area (Å²) in [5.41, 5.74) is 4.75. The molecule has 0 bridgehead atoms. The van der Waals surface area contributed by atoms with Crippen LogP contribution in [-0.4, -0.2) is 4.98 Å². The maximum absolute atomic E-state index is 4.30. The monoisotopic (exact) mass is 304 g/mol. The summed E-state index contributed by atoms with van der Waals surface area (Å²) in [6.45, 7) is 6.31. The fraction of sp³-hybridized carbons (Fsp3) is 0.267. The number of pyridine rings is 1. The topological polar surface area (TPSA) is 24.9 Å². The molecule has 0 radical (unpaired) electrons. The first-order chi connectivity index (χ1) is 8.56. The van der Waals surface area contributed by atoms with Crippen molar-refractivity contribution in [1.29, 1.82) is 0 Å². The molecule has 2 aromatic rings. The quantitative estimate of drug-likeness (QED) is 0.836. The number of halogens is 1. The summed E-state index contributed by atoms with van der Waals surface area (Å²) in [6.07, 6.45) is 1.85. The van der Waals surface area contributed by atoms with Crippen LogP contribution in [0.15, 0.2) is 41.1 Å². The van der Waals surface area contributed by atoms with Gasteiger partial charge in [0.1, 0.15) is 4.60 Å². The summed E-state index contributed by atoms with van der Waals surface area (Å²) in [5.74, 6) is 0. The number of anilines is 1. The molecule has 2 nitrogen and oxygen atoms in total. The Balaban J connectivity index is 2.16. The lowest BCUT2D eigenvalue weighted by Crippen LogP contribution is -2.07. The van der Waals surface area contributed by atoms with Crippen LogP contribution < -0.4 is 5.32 Å². The first-order valence-corrected chi connectivity index (χ1v) is 6.81. The maximum atomic E-state index is 4.30. The summed E-state index contributed by atoms with van der Waals surface area (Å²) in [5, 5.41) is 3.47. The lowest BCUT2D eigenvalue weighted by molar-refractivity contribution is 0.880. The second-order valence-electron chi connectivity index (χ2n) is 4.61. The molecule has 94 valence electrons. The van der Waals surface area contributed by atoms with Crippen molar-refractivity contribution in [1.82, 2.24) is 4.98 Å². The Kier molecular flexibility index (Phi) is 4.02. The van der Waals surface area contributed by atoms with Crippen LogP contribution in [0, 0.1) is 13.8 Å². The smallest absolute Gasteiger partial charge is 0.109 e. The van der Waals surface area contributed by atoms with Gasteiger partial charge in [0.05, 0.1) is 11.9 Å². The fourth-order valence-corrected chi connectivity index (χ4v) is 2.13. The van der Waals surface area contributed by atoms with E-state index in [2.05, 4.69) is 70.4 Å². The van der Waals surface area contributed by atoms with Gasteiger partial charge < -0.3 is 5.32 Å². The van der Waals surface area contributed by atoms with Gasteiger partial charge >= 0.3 is 0 Å². The third-order valence-corrected chi connectivity index (χ3v) is 3.77. The molecular formula is C15H17BrN2. The number of nitrogens with zero attached hydrogens (tertiary/aromatic N) is 1.